The maximum absolute atomic E-state index is 10.9. The molecule has 96 valence electrons. The van der Waals surface area contributed by atoms with E-state index in [2.05, 4.69) is 18.0 Å². The number of hydrogen-bond acceptors (Lipinski definition) is 3. The number of carbonyl (C=O) groups is 1. The highest BCUT2D eigenvalue weighted by Gasteiger charge is 2.15. The smallest absolute Gasteiger partial charge is 0.303 e. The lowest BCUT2D eigenvalue weighted by atomic mass is 9.91. The van der Waals surface area contributed by atoms with Crippen LogP contribution < -0.4 is 0 Å². The van der Waals surface area contributed by atoms with Crippen LogP contribution in [-0.2, 0) is 4.79 Å². The number of aliphatic carboxylic acids is 1. The van der Waals surface area contributed by atoms with Crippen LogP contribution in [0.3, 0.4) is 0 Å². The predicted molar refractivity (Wildman–Crippen MR) is 74.3 cm³/mol. The second-order valence-corrected chi connectivity index (χ2v) is 5.78. The molecule has 0 aliphatic rings. The van der Waals surface area contributed by atoms with Gasteiger partial charge in [0.05, 0.1) is 21.6 Å². The molecule has 1 heterocycles. The Hall–Kier alpha value is -1.42. The molecule has 1 N–H and O–H groups in total. The minimum atomic E-state index is -0.728. The molecule has 0 spiro atoms. The van der Waals surface area contributed by atoms with E-state index in [9.17, 15) is 4.79 Å². The van der Waals surface area contributed by atoms with Gasteiger partial charge in [-0.3, -0.25) is 4.79 Å². The van der Waals surface area contributed by atoms with E-state index in [-0.39, 0.29) is 12.3 Å². The third-order valence-corrected chi connectivity index (χ3v) is 3.98. The fourth-order valence-corrected chi connectivity index (χ4v) is 3.13. The Morgan fingerprint density at radius 3 is 2.94 bits per heavy atom. The number of carboxylic acids is 1. The van der Waals surface area contributed by atoms with E-state index >= 15 is 0 Å². The second kappa shape index (κ2) is 5.48. The molecule has 0 aliphatic carbocycles. The van der Waals surface area contributed by atoms with Crippen LogP contribution in [0.15, 0.2) is 18.2 Å². The molecule has 4 heteroatoms. The van der Waals surface area contributed by atoms with Crippen molar-refractivity contribution in [3.05, 3.63) is 28.8 Å². The topological polar surface area (TPSA) is 50.2 Å². The summed E-state index contributed by atoms with van der Waals surface area (Å²) in [4.78, 5) is 15.3. The molecule has 0 aliphatic heterocycles. The average Bonchev–Trinajstić information content (AvgIpc) is 2.66. The molecule has 2 rings (SSSR count). The minimum Gasteiger partial charge on any atom is -0.481 e. The first-order valence-corrected chi connectivity index (χ1v) is 7.00. The van der Waals surface area contributed by atoms with E-state index in [1.165, 1.54) is 0 Å². The number of nitrogens with zero attached hydrogens (tertiary/aromatic N) is 1. The van der Waals surface area contributed by atoms with Gasteiger partial charge in [0.2, 0.25) is 0 Å². The quantitative estimate of drug-likeness (QED) is 0.888. The van der Waals surface area contributed by atoms with Gasteiger partial charge in [0, 0.05) is 0 Å². The lowest BCUT2D eigenvalue weighted by Crippen LogP contribution is -2.06. The van der Waals surface area contributed by atoms with Crippen LogP contribution in [-0.4, -0.2) is 16.1 Å². The molecular weight excluding hydrogens is 246 g/mol. The summed E-state index contributed by atoms with van der Waals surface area (Å²) in [5.74, 6) is -0.617. The van der Waals surface area contributed by atoms with Gasteiger partial charge < -0.3 is 5.11 Å². The summed E-state index contributed by atoms with van der Waals surface area (Å²) in [6.45, 7) is 4.08. The third-order valence-electron chi connectivity index (χ3n) is 3.05. The molecular formula is C14H17NO2S. The maximum atomic E-state index is 10.9. The molecule has 0 fully saturated rings. The van der Waals surface area contributed by atoms with Crippen molar-refractivity contribution >= 4 is 27.5 Å². The number of benzene rings is 1. The molecule has 0 bridgehead atoms. The lowest BCUT2D eigenvalue weighted by Gasteiger charge is -2.14. The van der Waals surface area contributed by atoms with E-state index in [0.717, 1.165) is 33.6 Å². The number of aryl methyl sites for hydroxylation is 1. The first kappa shape index (κ1) is 13.0. The standard InChI is InChI=1S/C14H17NO2S/c1-3-4-10(8-14(16)17)11-5-6-12-13(7-11)18-9(2)15-12/h5-7,10H,3-4,8H2,1-2H3,(H,16,17)/t10-/m1/s1. The Bertz CT molecular complexity index is 562. The zero-order chi connectivity index (χ0) is 13.1. The van der Waals surface area contributed by atoms with Crippen LogP contribution in [0, 0.1) is 6.92 Å². The lowest BCUT2D eigenvalue weighted by molar-refractivity contribution is -0.137. The summed E-state index contributed by atoms with van der Waals surface area (Å²) >= 11 is 1.66. The van der Waals surface area contributed by atoms with Crippen molar-refractivity contribution in [2.75, 3.05) is 0 Å². The Morgan fingerprint density at radius 1 is 1.50 bits per heavy atom. The van der Waals surface area contributed by atoms with Crippen LogP contribution in [0.1, 0.15) is 42.7 Å². The van der Waals surface area contributed by atoms with Crippen molar-refractivity contribution in [3.8, 4) is 0 Å². The van der Waals surface area contributed by atoms with Crippen molar-refractivity contribution in [1.82, 2.24) is 4.98 Å². The monoisotopic (exact) mass is 263 g/mol. The van der Waals surface area contributed by atoms with Crippen LogP contribution >= 0.6 is 11.3 Å². The first-order valence-electron chi connectivity index (χ1n) is 6.19. The zero-order valence-electron chi connectivity index (χ0n) is 10.6. The van der Waals surface area contributed by atoms with Crippen molar-refractivity contribution in [2.24, 2.45) is 0 Å². The Kier molecular flexibility index (Phi) is 3.97. The minimum absolute atomic E-state index is 0.110. The van der Waals surface area contributed by atoms with Gasteiger partial charge >= 0.3 is 5.97 Å². The van der Waals surface area contributed by atoms with Crippen LogP contribution in [0.4, 0.5) is 0 Å². The van der Waals surface area contributed by atoms with E-state index in [1.807, 2.05) is 19.1 Å². The summed E-state index contributed by atoms with van der Waals surface area (Å²) < 4.78 is 1.15. The molecule has 0 saturated heterocycles. The van der Waals surface area contributed by atoms with E-state index < -0.39 is 5.97 Å². The summed E-state index contributed by atoms with van der Waals surface area (Å²) in [6, 6.07) is 6.12. The molecule has 1 aromatic heterocycles. The third kappa shape index (κ3) is 2.88. The van der Waals surface area contributed by atoms with Crippen molar-refractivity contribution < 1.29 is 9.90 Å². The molecule has 2 aromatic rings. The van der Waals surface area contributed by atoms with E-state index in [1.54, 1.807) is 11.3 Å². The first-order chi connectivity index (χ1) is 8.60. The van der Waals surface area contributed by atoms with Crippen molar-refractivity contribution in [2.45, 2.75) is 39.0 Å². The van der Waals surface area contributed by atoms with Crippen molar-refractivity contribution in [1.29, 1.82) is 0 Å². The van der Waals surface area contributed by atoms with Gasteiger partial charge in [0.25, 0.3) is 0 Å². The van der Waals surface area contributed by atoms with Gasteiger partial charge in [-0.25, -0.2) is 4.98 Å². The van der Waals surface area contributed by atoms with E-state index in [0.29, 0.717) is 0 Å². The molecule has 3 nitrogen and oxygen atoms in total. The highest BCUT2D eigenvalue weighted by atomic mass is 32.1. The number of carboxylic acid groups (broad SMARTS) is 1. The Balaban J connectivity index is 2.33. The highest BCUT2D eigenvalue weighted by molar-refractivity contribution is 7.18. The maximum Gasteiger partial charge on any atom is 0.303 e. The summed E-state index contributed by atoms with van der Waals surface area (Å²) in [7, 11) is 0. The molecule has 0 radical (unpaired) electrons. The molecule has 18 heavy (non-hydrogen) atoms. The molecule has 1 aromatic carbocycles. The summed E-state index contributed by atoms with van der Waals surface area (Å²) in [5.41, 5.74) is 2.13. The number of aromatic nitrogens is 1. The summed E-state index contributed by atoms with van der Waals surface area (Å²) in [5, 5.41) is 10.0. The van der Waals surface area contributed by atoms with Crippen LogP contribution in [0.25, 0.3) is 10.2 Å². The van der Waals surface area contributed by atoms with Crippen LogP contribution in [0.5, 0.6) is 0 Å². The second-order valence-electron chi connectivity index (χ2n) is 4.54. The predicted octanol–water partition coefficient (Wildman–Crippen LogP) is 3.96. The van der Waals surface area contributed by atoms with E-state index in [4.69, 9.17) is 5.11 Å². The molecule has 1 atom stereocenters. The fourth-order valence-electron chi connectivity index (χ4n) is 2.26. The Morgan fingerprint density at radius 2 is 2.28 bits per heavy atom. The SMILES string of the molecule is CCC[C@H](CC(=O)O)c1ccc2nc(C)sc2c1. The fraction of sp³-hybridized carbons (Fsp3) is 0.429. The molecule has 0 unspecified atom stereocenters. The van der Waals surface area contributed by atoms with Gasteiger partial charge in [0.1, 0.15) is 0 Å². The average molecular weight is 263 g/mol. The normalized spacial score (nSPS) is 12.8. The molecule has 0 saturated carbocycles. The van der Waals surface area contributed by atoms with Gasteiger partial charge in [-0.15, -0.1) is 11.3 Å². The Labute approximate surface area is 110 Å². The number of hydrogen-bond donors (Lipinski definition) is 1. The number of fused-ring (bicyclic) bond motifs is 1. The van der Waals surface area contributed by atoms with Crippen LogP contribution in [0.2, 0.25) is 0 Å². The van der Waals surface area contributed by atoms with Gasteiger partial charge in [-0.1, -0.05) is 19.4 Å². The van der Waals surface area contributed by atoms with Gasteiger partial charge in [0.15, 0.2) is 0 Å². The largest absolute Gasteiger partial charge is 0.481 e. The van der Waals surface area contributed by atoms with Gasteiger partial charge in [-0.05, 0) is 37.0 Å². The zero-order valence-corrected chi connectivity index (χ0v) is 11.5. The molecule has 0 amide bonds. The van der Waals surface area contributed by atoms with Gasteiger partial charge in [-0.2, -0.15) is 0 Å². The highest BCUT2D eigenvalue weighted by Crippen LogP contribution is 2.30. The number of thiazole rings is 1. The number of rotatable bonds is 5. The van der Waals surface area contributed by atoms with Crippen molar-refractivity contribution in [3.63, 3.8) is 0 Å². The summed E-state index contributed by atoms with van der Waals surface area (Å²) in [6.07, 6.45) is 2.12.